The molecular formula is C20H22N6O3S2. The first-order valence-electron chi connectivity index (χ1n) is 9.71. The summed E-state index contributed by atoms with van der Waals surface area (Å²) in [5, 5.41) is 5.89. The number of aromatic nitrogens is 3. The molecule has 11 heteroatoms. The highest BCUT2D eigenvalue weighted by Crippen LogP contribution is 2.47. The van der Waals surface area contributed by atoms with E-state index in [1.165, 1.54) is 23.7 Å². The molecule has 0 saturated carbocycles. The molecule has 2 aliphatic heterocycles. The maximum absolute atomic E-state index is 12.6. The van der Waals surface area contributed by atoms with E-state index in [0.29, 0.717) is 23.5 Å². The zero-order chi connectivity index (χ0) is 21.8. The number of amidine groups is 1. The Morgan fingerprint density at radius 2 is 2.32 bits per heavy atom. The highest BCUT2D eigenvalue weighted by atomic mass is 32.2. The number of nitrogens with one attached hydrogen (secondary N) is 1. The predicted molar refractivity (Wildman–Crippen MR) is 120 cm³/mol. The summed E-state index contributed by atoms with van der Waals surface area (Å²) >= 11 is 3.01. The number of nitrogens with two attached hydrogens (primary N) is 1. The van der Waals surface area contributed by atoms with Crippen LogP contribution in [0.5, 0.6) is 5.88 Å². The summed E-state index contributed by atoms with van der Waals surface area (Å²) in [5.41, 5.74) is 5.60. The Kier molecular flexibility index (Phi) is 6.41. The van der Waals surface area contributed by atoms with E-state index in [2.05, 4.69) is 39.0 Å². The van der Waals surface area contributed by atoms with Crippen molar-refractivity contribution in [1.29, 1.82) is 0 Å². The number of ether oxygens (including phenoxy) is 2. The second kappa shape index (κ2) is 9.21. The van der Waals surface area contributed by atoms with Gasteiger partial charge in [0.25, 0.3) is 5.91 Å². The monoisotopic (exact) mass is 458 g/mol. The Balaban J connectivity index is 1.48. The first-order chi connectivity index (χ1) is 15.0. The third kappa shape index (κ3) is 4.66. The first kappa shape index (κ1) is 21.5. The SMILES string of the molecule is CC#CCOc1cnc(C(=O)Nc2csc(C34COC(C)CC3CSC(N)=N4)n2)cn1. The number of aliphatic imine (C=N–C) groups is 1. The lowest BCUT2D eigenvalue weighted by atomic mass is 9.80. The molecule has 1 fully saturated rings. The van der Waals surface area contributed by atoms with E-state index in [9.17, 15) is 4.79 Å². The van der Waals surface area contributed by atoms with Gasteiger partial charge in [-0.2, -0.15) is 0 Å². The van der Waals surface area contributed by atoms with Crippen molar-refractivity contribution in [3.63, 3.8) is 0 Å². The Bertz CT molecular complexity index is 1050. The Hall–Kier alpha value is -2.68. The van der Waals surface area contributed by atoms with Gasteiger partial charge in [-0.05, 0) is 20.3 Å². The number of rotatable bonds is 5. The third-order valence-electron chi connectivity index (χ3n) is 5.07. The van der Waals surface area contributed by atoms with Crippen LogP contribution in [0.25, 0.3) is 0 Å². The highest BCUT2D eigenvalue weighted by molar-refractivity contribution is 8.13. The van der Waals surface area contributed by atoms with Crippen LogP contribution in [0.3, 0.4) is 0 Å². The fourth-order valence-corrected chi connectivity index (χ4v) is 5.45. The molecule has 3 unspecified atom stereocenters. The molecule has 31 heavy (non-hydrogen) atoms. The molecule has 0 bridgehead atoms. The molecule has 0 aromatic carbocycles. The van der Waals surface area contributed by atoms with Gasteiger partial charge in [-0.3, -0.25) is 4.79 Å². The van der Waals surface area contributed by atoms with Gasteiger partial charge in [0.05, 0.1) is 25.1 Å². The Morgan fingerprint density at radius 1 is 1.45 bits per heavy atom. The summed E-state index contributed by atoms with van der Waals surface area (Å²) in [6, 6.07) is 0. The van der Waals surface area contributed by atoms with Gasteiger partial charge in [0.15, 0.2) is 11.8 Å². The quantitative estimate of drug-likeness (QED) is 0.654. The van der Waals surface area contributed by atoms with Crippen molar-refractivity contribution >= 4 is 40.0 Å². The fourth-order valence-electron chi connectivity index (χ4n) is 3.48. The van der Waals surface area contributed by atoms with E-state index in [0.717, 1.165) is 17.2 Å². The molecule has 2 aromatic heterocycles. The van der Waals surface area contributed by atoms with Crippen molar-refractivity contribution < 1.29 is 14.3 Å². The average Bonchev–Trinajstić information content (AvgIpc) is 3.24. The Morgan fingerprint density at radius 3 is 3.10 bits per heavy atom. The molecule has 3 atom stereocenters. The third-order valence-corrected chi connectivity index (χ3v) is 7.03. The van der Waals surface area contributed by atoms with Gasteiger partial charge in [-0.1, -0.05) is 17.7 Å². The van der Waals surface area contributed by atoms with Crippen LogP contribution in [0.2, 0.25) is 0 Å². The van der Waals surface area contributed by atoms with Crippen LogP contribution in [-0.2, 0) is 10.3 Å². The van der Waals surface area contributed by atoms with E-state index in [1.807, 2.05) is 0 Å². The standard InChI is InChI=1S/C20H22N6O3S2/c1-3-4-5-28-16-8-22-14(7-23-16)17(27)24-15-10-30-18(25-15)20-11-29-12(2)6-13(20)9-31-19(21)26-20/h7-8,10,12-13H,5-6,9,11H2,1-2H3,(H2,21,26)(H,24,27). The van der Waals surface area contributed by atoms with Crippen molar-refractivity contribution in [2.24, 2.45) is 16.6 Å². The van der Waals surface area contributed by atoms with Crippen LogP contribution >= 0.6 is 23.1 Å². The van der Waals surface area contributed by atoms with Crippen LogP contribution in [0, 0.1) is 17.8 Å². The van der Waals surface area contributed by atoms with Crippen molar-refractivity contribution in [3.05, 3.63) is 28.5 Å². The molecule has 1 saturated heterocycles. The summed E-state index contributed by atoms with van der Waals surface area (Å²) in [6.45, 7) is 4.44. The van der Waals surface area contributed by atoms with E-state index in [1.54, 1.807) is 24.1 Å². The largest absolute Gasteiger partial charge is 0.463 e. The number of thioether (sulfide) groups is 1. The van der Waals surface area contributed by atoms with Crippen molar-refractivity contribution in [1.82, 2.24) is 15.0 Å². The summed E-state index contributed by atoms with van der Waals surface area (Å²) in [6.07, 6.45) is 3.80. The summed E-state index contributed by atoms with van der Waals surface area (Å²) in [5.74, 6) is 6.97. The van der Waals surface area contributed by atoms with Crippen LogP contribution in [0.15, 0.2) is 22.8 Å². The maximum Gasteiger partial charge on any atom is 0.277 e. The van der Waals surface area contributed by atoms with E-state index >= 15 is 0 Å². The molecule has 0 aliphatic carbocycles. The molecule has 162 valence electrons. The van der Waals surface area contributed by atoms with Crippen molar-refractivity contribution in [2.45, 2.75) is 31.9 Å². The summed E-state index contributed by atoms with van der Waals surface area (Å²) < 4.78 is 11.2. The number of nitrogens with zero attached hydrogens (tertiary/aromatic N) is 4. The van der Waals surface area contributed by atoms with Crippen molar-refractivity contribution in [2.75, 3.05) is 24.3 Å². The molecule has 4 heterocycles. The normalized spacial score (nSPS) is 24.9. The highest BCUT2D eigenvalue weighted by Gasteiger charge is 2.49. The lowest BCUT2D eigenvalue weighted by Crippen LogP contribution is -2.49. The minimum absolute atomic E-state index is 0.158. The molecule has 9 nitrogen and oxygen atoms in total. The second-order valence-electron chi connectivity index (χ2n) is 7.19. The zero-order valence-corrected chi connectivity index (χ0v) is 18.8. The number of carbonyl (C=O) groups is 1. The lowest BCUT2D eigenvalue weighted by Gasteiger charge is -2.44. The van der Waals surface area contributed by atoms with Crippen LogP contribution in [0.1, 0.15) is 35.8 Å². The van der Waals surface area contributed by atoms with Crippen LogP contribution in [0.4, 0.5) is 5.82 Å². The zero-order valence-electron chi connectivity index (χ0n) is 17.1. The van der Waals surface area contributed by atoms with Gasteiger partial charge in [-0.15, -0.1) is 17.3 Å². The molecule has 2 aromatic rings. The minimum atomic E-state index is -0.602. The predicted octanol–water partition coefficient (Wildman–Crippen LogP) is 2.27. The second-order valence-corrected chi connectivity index (χ2v) is 9.09. The molecule has 4 rings (SSSR count). The van der Waals surface area contributed by atoms with Crippen molar-refractivity contribution in [3.8, 4) is 17.7 Å². The molecule has 2 aliphatic rings. The number of amides is 1. The van der Waals surface area contributed by atoms with Crippen LogP contribution in [-0.4, -0.2) is 51.1 Å². The topological polar surface area (TPSA) is 125 Å². The van der Waals surface area contributed by atoms with E-state index < -0.39 is 11.4 Å². The van der Waals surface area contributed by atoms with Gasteiger partial charge >= 0.3 is 0 Å². The van der Waals surface area contributed by atoms with Gasteiger partial charge in [-0.25, -0.2) is 19.9 Å². The summed E-state index contributed by atoms with van der Waals surface area (Å²) in [7, 11) is 0. The smallest absolute Gasteiger partial charge is 0.277 e. The molecule has 0 radical (unpaired) electrons. The lowest BCUT2D eigenvalue weighted by molar-refractivity contribution is -0.0466. The maximum atomic E-state index is 12.6. The molecule has 0 spiro atoms. The van der Waals surface area contributed by atoms with Gasteiger partial charge in [0.2, 0.25) is 5.88 Å². The van der Waals surface area contributed by atoms with Gasteiger partial charge in [0, 0.05) is 17.1 Å². The van der Waals surface area contributed by atoms with Gasteiger partial charge < -0.3 is 20.5 Å². The number of fused-ring (bicyclic) bond motifs is 1. The number of anilines is 1. The fraction of sp³-hybridized carbons (Fsp3) is 0.450. The van der Waals surface area contributed by atoms with E-state index in [-0.39, 0.29) is 24.3 Å². The average molecular weight is 459 g/mol. The minimum Gasteiger partial charge on any atom is -0.463 e. The number of hydrogen-bond donors (Lipinski definition) is 2. The molecule has 1 amide bonds. The molecular weight excluding hydrogens is 436 g/mol. The molecule has 3 N–H and O–H groups in total. The van der Waals surface area contributed by atoms with Gasteiger partial charge in [0.1, 0.15) is 22.1 Å². The summed E-state index contributed by atoms with van der Waals surface area (Å²) in [4.78, 5) is 30.1. The first-order valence-corrected chi connectivity index (χ1v) is 11.6. The van der Waals surface area contributed by atoms with E-state index in [4.69, 9.17) is 20.2 Å². The Labute approximate surface area is 188 Å². The number of thiazole rings is 1. The number of hydrogen-bond acceptors (Lipinski definition) is 10. The van der Waals surface area contributed by atoms with Crippen LogP contribution < -0.4 is 15.8 Å². The number of carbonyl (C=O) groups excluding carboxylic acids is 1.